The molecule has 0 aromatic carbocycles. The molecule has 138 valence electrons. The second-order valence-electron chi connectivity index (χ2n) is 8.49. The molecule has 6 atom stereocenters. The molecule has 0 bridgehead atoms. The molecular weight excluding hydrogens is 320 g/mol. The number of hydrogen-bond acceptors (Lipinski definition) is 5. The Labute approximate surface area is 148 Å². The Morgan fingerprint density at radius 3 is 2.44 bits per heavy atom. The number of fused-ring (bicyclic) bond motifs is 3. The van der Waals surface area contributed by atoms with Crippen molar-refractivity contribution in [2.75, 3.05) is 6.61 Å². The van der Waals surface area contributed by atoms with Crippen LogP contribution in [0.1, 0.15) is 40.5 Å². The lowest BCUT2D eigenvalue weighted by Gasteiger charge is -2.52. The molecule has 0 saturated heterocycles. The summed E-state index contributed by atoms with van der Waals surface area (Å²) in [6.07, 6.45) is 3.65. The van der Waals surface area contributed by atoms with E-state index in [1.54, 1.807) is 19.1 Å². The Kier molecular flexibility index (Phi) is 4.34. The zero-order chi connectivity index (χ0) is 18.7. The van der Waals surface area contributed by atoms with Gasteiger partial charge in [0.2, 0.25) is 0 Å². The van der Waals surface area contributed by atoms with E-state index in [4.69, 9.17) is 0 Å². The second-order valence-corrected chi connectivity index (χ2v) is 8.49. The minimum absolute atomic E-state index is 0.00856. The van der Waals surface area contributed by atoms with E-state index >= 15 is 0 Å². The van der Waals surface area contributed by atoms with Crippen molar-refractivity contribution in [1.82, 2.24) is 0 Å². The van der Waals surface area contributed by atoms with Crippen LogP contribution in [-0.4, -0.2) is 44.7 Å². The lowest BCUT2D eigenvalue weighted by atomic mass is 9.55. The highest BCUT2D eigenvalue weighted by molar-refractivity contribution is 6.05. The molecule has 0 radical (unpaired) electrons. The lowest BCUT2D eigenvalue weighted by molar-refractivity contribution is -0.181. The Hall–Kier alpha value is -1.30. The summed E-state index contributed by atoms with van der Waals surface area (Å²) in [7, 11) is 0. The van der Waals surface area contributed by atoms with Crippen LogP contribution in [0.4, 0.5) is 0 Å². The van der Waals surface area contributed by atoms with Gasteiger partial charge in [-0.1, -0.05) is 32.9 Å². The largest absolute Gasteiger partial charge is 0.392 e. The van der Waals surface area contributed by atoms with Gasteiger partial charge in [-0.15, -0.1) is 0 Å². The molecular formula is C20H28O5. The van der Waals surface area contributed by atoms with Gasteiger partial charge in [0.1, 0.15) is 11.4 Å². The fourth-order valence-electron chi connectivity index (χ4n) is 5.38. The van der Waals surface area contributed by atoms with E-state index < -0.39 is 34.7 Å². The van der Waals surface area contributed by atoms with E-state index in [1.165, 1.54) is 0 Å². The summed E-state index contributed by atoms with van der Waals surface area (Å²) in [4.78, 5) is 25.4. The number of carbonyl (C=O) groups excluding carboxylic acids is 2. The molecule has 1 saturated carbocycles. The van der Waals surface area contributed by atoms with Crippen molar-refractivity contribution >= 4 is 11.6 Å². The molecule has 5 nitrogen and oxygen atoms in total. The first-order valence-electron chi connectivity index (χ1n) is 9.08. The van der Waals surface area contributed by atoms with Gasteiger partial charge in [0.25, 0.3) is 0 Å². The molecule has 3 N–H and O–H groups in total. The number of hydrogen-bond donors (Lipinski definition) is 3. The maximum atomic E-state index is 12.7. The number of Topliss-reactive ketones (excluding diaryl/α,β-unsaturated/α-hetero) is 2. The second kappa shape index (κ2) is 5.86. The zero-order valence-corrected chi connectivity index (χ0v) is 15.3. The standard InChI is InChI=1S/C20H28O5/c1-10(2)17-14-7-13(9-21)8-19(24)16(5-11(3)18(19)23)20(14,25)12(4)6-15(17)22/h5,7,10,12,14,16-17,21,24-25H,6,8-9H2,1-4H3/t12-,14+,16-,17+,19-,20-/m1/s1. The van der Waals surface area contributed by atoms with Crippen LogP contribution in [0, 0.1) is 29.6 Å². The molecule has 3 aliphatic carbocycles. The van der Waals surface area contributed by atoms with Crippen molar-refractivity contribution in [2.24, 2.45) is 29.6 Å². The van der Waals surface area contributed by atoms with Crippen molar-refractivity contribution < 1.29 is 24.9 Å². The molecule has 1 fully saturated rings. The van der Waals surface area contributed by atoms with Crippen LogP contribution in [0.15, 0.2) is 23.3 Å². The first kappa shape index (κ1) is 18.5. The van der Waals surface area contributed by atoms with Gasteiger partial charge in [0, 0.05) is 30.6 Å². The van der Waals surface area contributed by atoms with E-state index in [1.807, 2.05) is 20.8 Å². The van der Waals surface area contributed by atoms with E-state index in [2.05, 4.69) is 0 Å². The SMILES string of the molecule is CC1=C[C@H]2[C@@]3(O)[C@H](C)CC(=O)[C@@H](C(C)C)[C@@H]3C=C(CO)C[C@]2(O)C1=O. The summed E-state index contributed by atoms with van der Waals surface area (Å²) in [5, 5.41) is 32.8. The minimum Gasteiger partial charge on any atom is -0.392 e. The van der Waals surface area contributed by atoms with Crippen molar-refractivity contribution in [3.8, 4) is 0 Å². The molecule has 3 aliphatic rings. The Balaban J connectivity index is 2.24. The molecule has 0 aliphatic heterocycles. The normalized spacial score (nSPS) is 44.2. The molecule has 0 amide bonds. The van der Waals surface area contributed by atoms with Gasteiger partial charge >= 0.3 is 0 Å². The smallest absolute Gasteiger partial charge is 0.190 e. The van der Waals surface area contributed by atoms with Crippen LogP contribution in [0.3, 0.4) is 0 Å². The van der Waals surface area contributed by atoms with Gasteiger partial charge in [-0.05, 0) is 29.9 Å². The van der Waals surface area contributed by atoms with E-state index in [-0.39, 0.29) is 37.1 Å². The van der Waals surface area contributed by atoms with Crippen molar-refractivity contribution in [1.29, 1.82) is 0 Å². The van der Waals surface area contributed by atoms with Gasteiger partial charge in [-0.25, -0.2) is 0 Å². The number of aliphatic hydroxyl groups excluding tert-OH is 1. The predicted octanol–water partition coefficient (Wildman–Crippen LogP) is 1.41. The molecule has 0 unspecified atom stereocenters. The first-order valence-corrected chi connectivity index (χ1v) is 9.08. The van der Waals surface area contributed by atoms with Gasteiger partial charge in [0.15, 0.2) is 5.78 Å². The molecule has 0 spiro atoms. The third-order valence-corrected chi connectivity index (χ3v) is 6.60. The number of rotatable bonds is 2. The van der Waals surface area contributed by atoms with Crippen LogP contribution in [0.2, 0.25) is 0 Å². The van der Waals surface area contributed by atoms with Crippen molar-refractivity contribution in [3.63, 3.8) is 0 Å². The molecule has 0 heterocycles. The van der Waals surface area contributed by atoms with Crippen LogP contribution in [0.5, 0.6) is 0 Å². The summed E-state index contributed by atoms with van der Waals surface area (Å²) >= 11 is 0. The van der Waals surface area contributed by atoms with Crippen LogP contribution in [0.25, 0.3) is 0 Å². The lowest BCUT2D eigenvalue weighted by Crippen LogP contribution is -2.62. The van der Waals surface area contributed by atoms with Crippen LogP contribution < -0.4 is 0 Å². The summed E-state index contributed by atoms with van der Waals surface area (Å²) in [5.74, 6) is -2.37. The average molecular weight is 348 g/mol. The van der Waals surface area contributed by atoms with E-state index in [0.29, 0.717) is 11.1 Å². The predicted molar refractivity (Wildman–Crippen MR) is 92.5 cm³/mol. The fourth-order valence-corrected chi connectivity index (χ4v) is 5.38. The fraction of sp³-hybridized carbons (Fsp3) is 0.700. The average Bonchev–Trinajstić information content (AvgIpc) is 2.69. The highest BCUT2D eigenvalue weighted by Gasteiger charge is 2.65. The third kappa shape index (κ3) is 2.40. The molecule has 25 heavy (non-hydrogen) atoms. The van der Waals surface area contributed by atoms with Gasteiger partial charge in [0.05, 0.1) is 12.2 Å². The van der Waals surface area contributed by atoms with Crippen LogP contribution >= 0.6 is 0 Å². The third-order valence-electron chi connectivity index (χ3n) is 6.60. The minimum atomic E-state index is -1.75. The highest BCUT2D eigenvalue weighted by atomic mass is 16.3. The van der Waals surface area contributed by atoms with Gasteiger partial charge in [-0.3, -0.25) is 9.59 Å². The Morgan fingerprint density at radius 2 is 1.88 bits per heavy atom. The molecule has 0 aromatic rings. The zero-order valence-electron chi connectivity index (χ0n) is 15.3. The summed E-state index contributed by atoms with van der Waals surface area (Å²) in [6.45, 7) is 7.05. The maximum Gasteiger partial charge on any atom is 0.190 e. The highest BCUT2D eigenvalue weighted by Crippen LogP contribution is 2.56. The summed E-state index contributed by atoms with van der Waals surface area (Å²) in [5.41, 5.74) is -2.21. The molecule has 3 rings (SSSR count). The van der Waals surface area contributed by atoms with E-state index in [0.717, 1.165) is 0 Å². The molecule has 5 heteroatoms. The quantitative estimate of drug-likeness (QED) is 0.656. The van der Waals surface area contributed by atoms with Gasteiger partial charge in [-0.2, -0.15) is 0 Å². The number of ketones is 2. The maximum absolute atomic E-state index is 12.7. The topological polar surface area (TPSA) is 94.8 Å². The number of carbonyl (C=O) groups is 2. The Bertz CT molecular complexity index is 676. The summed E-state index contributed by atoms with van der Waals surface area (Å²) < 4.78 is 0. The first-order chi connectivity index (χ1) is 11.6. The van der Waals surface area contributed by atoms with Crippen molar-refractivity contribution in [3.05, 3.63) is 23.3 Å². The molecule has 0 aromatic heterocycles. The van der Waals surface area contributed by atoms with Gasteiger partial charge < -0.3 is 15.3 Å². The Morgan fingerprint density at radius 1 is 1.24 bits per heavy atom. The monoisotopic (exact) mass is 348 g/mol. The van der Waals surface area contributed by atoms with E-state index in [9.17, 15) is 24.9 Å². The van der Waals surface area contributed by atoms with Crippen LogP contribution in [-0.2, 0) is 9.59 Å². The number of aliphatic hydroxyl groups is 3. The summed E-state index contributed by atoms with van der Waals surface area (Å²) in [6, 6.07) is 0. The van der Waals surface area contributed by atoms with Crippen molar-refractivity contribution in [2.45, 2.75) is 51.7 Å².